The largest absolute Gasteiger partial charge is 0.464 e. The Labute approximate surface area is 129 Å². The van der Waals surface area contributed by atoms with Gasteiger partial charge in [0.05, 0.1) is 18.6 Å². The standard InChI is InChI=1S/C13H24N2O7/c1-13(2,3)22-12(17)14-7-4-6-10(14)11(16)20-8-5-9-21-15(18)19/h10,18-19H,4-9H2,1-3H3. The zero-order valence-electron chi connectivity index (χ0n) is 13.2. The molecule has 9 heteroatoms. The van der Waals surface area contributed by atoms with Crippen molar-refractivity contribution >= 4 is 12.1 Å². The van der Waals surface area contributed by atoms with E-state index in [9.17, 15) is 9.59 Å². The third-order valence-electron chi connectivity index (χ3n) is 2.89. The van der Waals surface area contributed by atoms with Crippen molar-refractivity contribution in [3.8, 4) is 0 Å². The number of hydrogen-bond acceptors (Lipinski definition) is 8. The van der Waals surface area contributed by atoms with Crippen LogP contribution in [0.25, 0.3) is 0 Å². The van der Waals surface area contributed by atoms with Crippen LogP contribution < -0.4 is 0 Å². The van der Waals surface area contributed by atoms with Gasteiger partial charge < -0.3 is 9.47 Å². The first kappa shape index (κ1) is 18.6. The summed E-state index contributed by atoms with van der Waals surface area (Å²) in [5.41, 5.74) is -0.619. The van der Waals surface area contributed by atoms with Crippen LogP contribution in [-0.4, -0.2) is 64.2 Å². The van der Waals surface area contributed by atoms with Crippen molar-refractivity contribution in [1.29, 1.82) is 0 Å². The zero-order valence-corrected chi connectivity index (χ0v) is 13.2. The van der Waals surface area contributed by atoms with Crippen LogP contribution in [0.15, 0.2) is 0 Å². The monoisotopic (exact) mass is 320 g/mol. The Hall–Kier alpha value is -1.42. The molecule has 0 aromatic heterocycles. The highest BCUT2D eigenvalue weighted by Crippen LogP contribution is 2.21. The maximum absolute atomic E-state index is 12.0. The van der Waals surface area contributed by atoms with E-state index in [0.29, 0.717) is 25.8 Å². The van der Waals surface area contributed by atoms with Gasteiger partial charge in [-0.05, 0) is 33.6 Å². The molecule has 9 nitrogen and oxygen atoms in total. The van der Waals surface area contributed by atoms with Crippen molar-refractivity contribution in [2.45, 2.75) is 51.7 Å². The molecule has 2 N–H and O–H groups in total. The third-order valence-corrected chi connectivity index (χ3v) is 2.89. The van der Waals surface area contributed by atoms with Crippen LogP contribution in [0.3, 0.4) is 0 Å². The van der Waals surface area contributed by atoms with Crippen LogP contribution in [0, 0.1) is 0 Å². The number of ether oxygens (including phenoxy) is 2. The highest BCUT2D eigenvalue weighted by Gasteiger charge is 2.37. The van der Waals surface area contributed by atoms with Gasteiger partial charge in [-0.25, -0.2) is 9.59 Å². The van der Waals surface area contributed by atoms with E-state index in [4.69, 9.17) is 19.9 Å². The van der Waals surface area contributed by atoms with Crippen LogP contribution in [-0.2, 0) is 19.1 Å². The highest BCUT2D eigenvalue weighted by atomic mass is 17.1. The van der Waals surface area contributed by atoms with Crippen molar-refractivity contribution in [3.63, 3.8) is 0 Å². The number of likely N-dealkylation sites (tertiary alicyclic amines) is 1. The van der Waals surface area contributed by atoms with E-state index in [1.165, 1.54) is 4.90 Å². The van der Waals surface area contributed by atoms with Gasteiger partial charge in [0.15, 0.2) is 0 Å². The Kier molecular flexibility index (Phi) is 7.01. The van der Waals surface area contributed by atoms with Crippen LogP contribution in [0.4, 0.5) is 4.79 Å². The van der Waals surface area contributed by atoms with Gasteiger partial charge in [0.2, 0.25) is 0 Å². The average Bonchev–Trinajstić information content (AvgIpc) is 2.84. The Bertz CT molecular complexity index is 381. The molecule has 1 aliphatic heterocycles. The van der Waals surface area contributed by atoms with E-state index in [0.717, 1.165) is 0 Å². The molecule has 0 aromatic carbocycles. The Morgan fingerprint density at radius 1 is 1.27 bits per heavy atom. The maximum Gasteiger partial charge on any atom is 0.411 e. The van der Waals surface area contributed by atoms with Crippen LogP contribution in [0.5, 0.6) is 0 Å². The summed E-state index contributed by atoms with van der Waals surface area (Å²) in [6, 6.07) is -0.636. The first-order chi connectivity index (χ1) is 10.2. The van der Waals surface area contributed by atoms with Gasteiger partial charge >= 0.3 is 12.1 Å². The SMILES string of the molecule is CC(C)(C)OC(=O)N1CCCC1C(=O)OCCCON(O)O. The summed E-state index contributed by atoms with van der Waals surface area (Å²) in [6.45, 7) is 5.80. The second kappa shape index (κ2) is 8.28. The number of esters is 1. The minimum absolute atomic E-state index is 0.0132. The number of carbonyl (C=O) groups is 2. The molecule has 0 aliphatic carbocycles. The lowest BCUT2D eigenvalue weighted by molar-refractivity contribution is -0.492. The van der Waals surface area contributed by atoms with E-state index in [1.54, 1.807) is 20.8 Å². The number of carbonyl (C=O) groups excluding carboxylic acids is 2. The zero-order chi connectivity index (χ0) is 16.8. The third kappa shape index (κ3) is 6.56. The molecular weight excluding hydrogens is 296 g/mol. The van der Waals surface area contributed by atoms with Crippen molar-refractivity contribution in [2.24, 2.45) is 0 Å². The van der Waals surface area contributed by atoms with E-state index in [1.807, 2.05) is 0 Å². The number of nitrogens with zero attached hydrogens (tertiary/aromatic N) is 2. The first-order valence-electron chi connectivity index (χ1n) is 7.18. The Morgan fingerprint density at radius 3 is 2.55 bits per heavy atom. The second-order valence-corrected chi connectivity index (χ2v) is 5.94. The van der Waals surface area contributed by atoms with Crippen molar-refractivity contribution < 1.29 is 34.3 Å². The van der Waals surface area contributed by atoms with Crippen molar-refractivity contribution in [1.82, 2.24) is 10.3 Å². The normalized spacial score (nSPS) is 18.6. The van der Waals surface area contributed by atoms with Gasteiger partial charge in [-0.3, -0.25) is 20.2 Å². The number of rotatable bonds is 6. The van der Waals surface area contributed by atoms with E-state index >= 15 is 0 Å². The fraction of sp³-hybridized carbons (Fsp3) is 0.846. The fourth-order valence-corrected chi connectivity index (χ4v) is 2.02. The van der Waals surface area contributed by atoms with Crippen LogP contribution >= 0.6 is 0 Å². The van der Waals surface area contributed by atoms with E-state index in [-0.39, 0.29) is 13.2 Å². The van der Waals surface area contributed by atoms with Crippen LogP contribution in [0.1, 0.15) is 40.0 Å². The Morgan fingerprint density at radius 2 is 1.95 bits per heavy atom. The quantitative estimate of drug-likeness (QED) is 0.428. The van der Waals surface area contributed by atoms with E-state index < -0.39 is 29.1 Å². The van der Waals surface area contributed by atoms with Crippen LogP contribution in [0.2, 0.25) is 0 Å². The van der Waals surface area contributed by atoms with E-state index in [2.05, 4.69) is 4.84 Å². The van der Waals surface area contributed by atoms with Gasteiger partial charge in [0.25, 0.3) is 0 Å². The molecule has 0 spiro atoms. The van der Waals surface area contributed by atoms with Gasteiger partial charge in [0, 0.05) is 13.0 Å². The average molecular weight is 320 g/mol. The van der Waals surface area contributed by atoms with Gasteiger partial charge in [-0.15, -0.1) is 0 Å². The summed E-state index contributed by atoms with van der Waals surface area (Å²) in [7, 11) is 0. The van der Waals surface area contributed by atoms with Gasteiger partial charge in [-0.1, -0.05) is 0 Å². The fourth-order valence-electron chi connectivity index (χ4n) is 2.02. The minimum atomic E-state index is -0.636. The molecule has 22 heavy (non-hydrogen) atoms. The molecule has 0 aromatic rings. The molecule has 128 valence electrons. The molecule has 1 atom stereocenters. The van der Waals surface area contributed by atoms with Crippen molar-refractivity contribution in [3.05, 3.63) is 0 Å². The summed E-state index contributed by atoms with van der Waals surface area (Å²) >= 11 is 0. The smallest absolute Gasteiger partial charge is 0.411 e. The maximum atomic E-state index is 12.0. The second-order valence-electron chi connectivity index (χ2n) is 5.94. The number of amides is 1. The highest BCUT2D eigenvalue weighted by molar-refractivity contribution is 5.82. The molecule has 1 rings (SSSR count). The molecule has 1 amide bonds. The summed E-state index contributed by atoms with van der Waals surface area (Å²) in [6.07, 6.45) is 1.02. The first-order valence-corrected chi connectivity index (χ1v) is 7.18. The topological polar surface area (TPSA) is 109 Å². The predicted molar refractivity (Wildman–Crippen MR) is 72.9 cm³/mol. The lowest BCUT2D eigenvalue weighted by Gasteiger charge is -2.27. The lowest BCUT2D eigenvalue weighted by Crippen LogP contribution is -2.44. The molecule has 1 heterocycles. The molecule has 1 saturated heterocycles. The Balaban J connectivity index is 2.38. The molecule has 0 radical (unpaired) electrons. The predicted octanol–water partition coefficient (Wildman–Crippen LogP) is 1.33. The molecule has 0 saturated carbocycles. The molecule has 1 unspecified atom stereocenters. The molecule has 1 fully saturated rings. The van der Waals surface area contributed by atoms with Crippen molar-refractivity contribution in [2.75, 3.05) is 19.8 Å². The van der Waals surface area contributed by atoms with Gasteiger partial charge in [-0.2, -0.15) is 0 Å². The molecular formula is C13H24N2O7. The number of hydrogen-bond donors (Lipinski definition) is 2. The summed E-state index contributed by atoms with van der Waals surface area (Å²) in [5.74, 6) is -0.492. The lowest BCUT2D eigenvalue weighted by atomic mass is 10.2. The molecule has 0 bridgehead atoms. The summed E-state index contributed by atoms with van der Waals surface area (Å²) in [4.78, 5) is 29.8. The summed E-state index contributed by atoms with van der Waals surface area (Å²) < 4.78 is 10.3. The molecule has 1 aliphatic rings. The minimum Gasteiger partial charge on any atom is -0.464 e. The summed E-state index contributed by atoms with van der Waals surface area (Å²) in [5, 5.41) is 16.2. The van der Waals surface area contributed by atoms with Gasteiger partial charge in [0.1, 0.15) is 11.6 Å².